The highest BCUT2D eigenvalue weighted by atomic mass is 16.5. The van der Waals surface area contributed by atoms with Gasteiger partial charge in [-0.3, -0.25) is 0 Å². The summed E-state index contributed by atoms with van der Waals surface area (Å²) in [7, 11) is 0. The highest BCUT2D eigenvalue weighted by molar-refractivity contribution is 5.56. The van der Waals surface area contributed by atoms with E-state index >= 15 is 0 Å². The summed E-state index contributed by atoms with van der Waals surface area (Å²) in [5, 5.41) is 17.1. The smallest absolute Gasteiger partial charge is 0.234 e. The zero-order valence-corrected chi connectivity index (χ0v) is 12.3. The van der Waals surface area contributed by atoms with Gasteiger partial charge in [0.25, 0.3) is 0 Å². The Morgan fingerprint density at radius 2 is 2.33 bits per heavy atom. The van der Waals surface area contributed by atoms with E-state index in [1.54, 1.807) is 18.2 Å². The number of aromatic nitrogens is 2. The van der Waals surface area contributed by atoms with Crippen molar-refractivity contribution in [2.45, 2.75) is 38.0 Å². The van der Waals surface area contributed by atoms with E-state index in [1.165, 1.54) is 0 Å². The van der Waals surface area contributed by atoms with Crippen LogP contribution in [0.1, 0.15) is 38.5 Å². The highest BCUT2D eigenvalue weighted by Crippen LogP contribution is 2.35. The topological polar surface area (TPSA) is 71.2 Å². The van der Waals surface area contributed by atoms with Gasteiger partial charge >= 0.3 is 0 Å². The van der Waals surface area contributed by atoms with E-state index in [-0.39, 0.29) is 11.2 Å². The molecule has 1 aliphatic heterocycles. The number of hydrogen-bond acceptors (Lipinski definition) is 5. The third-order valence-corrected chi connectivity index (χ3v) is 4.18. The summed E-state index contributed by atoms with van der Waals surface area (Å²) in [5.74, 6) is 1.47. The number of nitrogens with one attached hydrogen (secondary N) is 1. The summed E-state index contributed by atoms with van der Waals surface area (Å²) in [4.78, 5) is 4.61. The molecule has 1 aliphatic rings. The van der Waals surface area contributed by atoms with Gasteiger partial charge in [0.15, 0.2) is 0 Å². The molecule has 2 N–H and O–H groups in total. The fourth-order valence-electron chi connectivity index (χ4n) is 3.15. The molecule has 3 rings (SSSR count). The first-order valence-corrected chi connectivity index (χ1v) is 7.58. The second-order valence-electron chi connectivity index (χ2n) is 5.78. The second kappa shape index (κ2) is 5.85. The van der Waals surface area contributed by atoms with Crippen molar-refractivity contribution in [3.05, 3.63) is 30.2 Å². The number of aromatic hydroxyl groups is 1. The molecule has 1 saturated heterocycles. The molecule has 2 aromatic rings. The Morgan fingerprint density at radius 1 is 1.43 bits per heavy atom. The number of nitrogens with zero attached hydrogens (tertiary/aromatic N) is 2. The normalized spacial score (nSPS) is 22.3. The van der Waals surface area contributed by atoms with Crippen LogP contribution in [0.3, 0.4) is 0 Å². The van der Waals surface area contributed by atoms with Crippen LogP contribution in [0.2, 0.25) is 0 Å². The van der Waals surface area contributed by atoms with Crippen LogP contribution in [0, 0.1) is 0 Å². The standard InChI is InChI=1S/C16H21N3O2/c1-2-7-16(8-4-9-17-11-16)15-18-14(19-21-15)12-5-3-6-13(20)10-12/h3,5-6,10,17,20H,2,4,7-9,11H2,1H3. The molecule has 112 valence electrons. The summed E-state index contributed by atoms with van der Waals surface area (Å²) in [6.07, 6.45) is 4.34. The van der Waals surface area contributed by atoms with E-state index in [2.05, 4.69) is 22.4 Å². The Labute approximate surface area is 124 Å². The van der Waals surface area contributed by atoms with E-state index in [0.717, 1.165) is 50.2 Å². The second-order valence-corrected chi connectivity index (χ2v) is 5.78. The summed E-state index contributed by atoms with van der Waals surface area (Å²) in [5.41, 5.74) is 0.732. The van der Waals surface area contributed by atoms with Gasteiger partial charge in [-0.1, -0.05) is 30.6 Å². The first kappa shape index (κ1) is 14.1. The third-order valence-electron chi connectivity index (χ3n) is 4.18. The quantitative estimate of drug-likeness (QED) is 0.904. The number of phenols is 1. The number of benzene rings is 1. The number of hydrogen-bond donors (Lipinski definition) is 2. The number of piperidine rings is 1. The van der Waals surface area contributed by atoms with Crippen molar-refractivity contribution in [1.29, 1.82) is 0 Å². The van der Waals surface area contributed by atoms with Gasteiger partial charge < -0.3 is 14.9 Å². The maximum atomic E-state index is 9.57. The van der Waals surface area contributed by atoms with Gasteiger partial charge in [0.1, 0.15) is 5.75 Å². The van der Waals surface area contributed by atoms with Gasteiger partial charge in [-0.05, 0) is 37.9 Å². The maximum Gasteiger partial charge on any atom is 0.234 e. The number of phenolic OH excluding ortho intramolecular Hbond substituents is 1. The lowest BCUT2D eigenvalue weighted by atomic mass is 9.77. The Balaban J connectivity index is 1.92. The largest absolute Gasteiger partial charge is 0.508 e. The first-order valence-electron chi connectivity index (χ1n) is 7.58. The summed E-state index contributed by atoms with van der Waals surface area (Å²) >= 11 is 0. The fraction of sp³-hybridized carbons (Fsp3) is 0.500. The van der Waals surface area contributed by atoms with Crippen LogP contribution in [0.5, 0.6) is 5.75 Å². The Kier molecular flexibility index (Phi) is 3.92. The maximum absolute atomic E-state index is 9.57. The van der Waals surface area contributed by atoms with E-state index in [0.29, 0.717) is 5.82 Å². The van der Waals surface area contributed by atoms with E-state index in [4.69, 9.17) is 4.52 Å². The lowest BCUT2D eigenvalue weighted by Crippen LogP contribution is -2.43. The molecular weight excluding hydrogens is 266 g/mol. The molecule has 1 atom stereocenters. The van der Waals surface area contributed by atoms with Crippen molar-refractivity contribution in [1.82, 2.24) is 15.5 Å². The Morgan fingerprint density at radius 3 is 3.05 bits per heavy atom. The van der Waals surface area contributed by atoms with Gasteiger partial charge in [-0.2, -0.15) is 4.98 Å². The molecular formula is C16H21N3O2. The molecule has 0 radical (unpaired) electrons. The van der Waals surface area contributed by atoms with Crippen molar-refractivity contribution in [3.63, 3.8) is 0 Å². The number of rotatable bonds is 4. The van der Waals surface area contributed by atoms with Crippen molar-refractivity contribution in [2.75, 3.05) is 13.1 Å². The molecule has 5 heteroatoms. The molecule has 0 spiro atoms. The van der Waals surface area contributed by atoms with Crippen LogP contribution in [-0.4, -0.2) is 28.3 Å². The average Bonchev–Trinajstić information content (AvgIpc) is 2.99. The Bertz CT molecular complexity index is 598. The zero-order chi connectivity index (χ0) is 14.7. The lowest BCUT2D eigenvalue weighted by Gasteiger charge is -2.34. The van der Waals surface area contributed by atoms with Crippen LogP contribution >= 0.6 is 0 Å². The molecule has 1 aromatic carbocycles. The fourth-order valence-corrected chi connectivity index (χ4v) is 3.15. The predicted molar refractivity (Wildman–Crippen MR) is 80.1 cm³/mol. The molecule has 1 aromatic heterocycles. The van der Waals surface area contributed by atoms with E-state index in [9.17, 15) is 5.11 Å². The predicted octanol–water partition coefficient (Wildman–Crippen LogP) is 2.86. The monoisotopic (exact) mass is 287 g/mol. The SMILES string of the molecule is CCCC1(c2nc(-c3cccc(O)c3)no2)CCCNC1. The minimum absolute atomic E-state index is 0.0466. The first-order chi connectivity index (χ1) is 10.2. The minimum atomic E-state index is -0.0466. The zero-order valence-electron chi connectivity index (χ0n) is 12.3. The van der Waals surface area contributed by atoms with E-state index in [1.807, 2.05) is 6.07 Å². The minimum Gasteiger partial charge on any atom is -0.508 e. The van der Waals surface area contributed by atoms with E-state index < -0.39 is 0 Å². The van der Waals surface area contributed by atoms with Gasteiger partial charge in [-0.25, -0.2) is 0 Å². The third kappa shape index (κ3) is 2.78. The lowest BCUT2D eigenvalue weighted by molar-refractivity contribution is 0.213. The van der Waals surface area contributed by atoms with Crippen LogP contribution in [0.25, 0.3) is 11.4 Å². The molecule has 0 aliphatic carbocycles. The van der Waals surface area contributed by atoms with Gasteiger partial charge in [0.2, 0.25) is 11.7 Å². The van der Waals surface area contributed by atoms with Crippen molar-refractivity contribution in [3.8, 4) is 17.1 Å². The van der Waals surface area contributed by atoms with Crippen LogP contribution in [0.15, 0.2) is 28.8 Å². The van der Waals surface area contributed by atoms with Crippen molar-refractivity contribution in [2.24, 2.45) is 0 Å². The van der Waals surface area contributed by atoms with Crippen LogP contribution in [0.4, 0.5) is 0 Å². The molecule has 0 amide bonds. The molecule has 0 saturated carbocycles. The van der Waals surface area contributed by atoms with Gasteiger partial charge in [0, 0.05) is 12.1 Å². The average molecular weight is 287 g/mol. The highest BCUT2D eigenvalue weighted by Gasteiger charge is 2.38. The molecule has 21 heavy (non-hydrogen) atoms. The van der Waals surface area contributed by atoms with Crippen molar-refractivity contribution < 1.29 is 9.63 Å². The summed E-state index contributed by atoms with van der Waals surface area (Å²) in [6.45, 7) is 4.13. The Hall–Kier alpha value is -1.88. The molecule has 1 fully saturated rings. The van der Waals surface area contributed by atoms with Crippen molar-refractivity contribution >= 4 is 0 Å². The summed E-state index contributed by atoms with van der Waals surface area (Å²) < 4.78 is 5.57. The van der Waals surface area contributed by atoms with Crippen LogP contribution in [-0.2, 0) is 5.41 Å². The molecule has 0 bridgehead atoms. The molecule has 1 unspecified atom stereocenters. The summed E-state index contributed by atoms with van der Waals surface area (Å²) in [6, 6.07) is 6.94. The molecule has 5 nitrogen and oxygen atoms in total. The van der Waals surface area contributed by atoms with Gasteiger partial charge in [-0.15, -0.1) is 0 Å². The van der Waals surface area contributed by atoms with Gasteiger partial charge in [0.05, 0.1) is 5.41 Å². The van der Waals surface area contributed by atoms with Crippen LogP contribution < -0.4 is 5.32 Å². The molecule has 2 heterocycles.